The molecule has 2 aromatic rings. The third-order valence-corrected chi connectivity index (χ3v) is 4.04. The van der Waals surface area contributed by atoms with Gasteiger partial charge in [0.05, 0.1) is 33.8 Å². The van der Waals surface area contributed by atoms with Crippen molar-refractivity contribution in [1.29, 1.82) is 0 Å². The smallest absolute Gasteiger partial charge is 0.224 e. The Morgan fingerprint density at radius 3 is 2.24 bits per heavy atom. The maximum absolute atomic E-state index is 12.4. The molecule has 5 heteroatoms. The molecule has 2 rings (SSSR count). The maximum Gasteiger partial charge on any atom is 0.224 e. The first kappa shape index (κ1) is 18.6. The molecule has 0 fully saturated rings. The lowest BCUT2D eigenvalue weighted by Crippen LogP contribution is -2.28. The molecule has 0 bridgehead atoms. The molecule has 2 aromatic carbocycles. The number of rotatable bonds is 7. The number of hydrogen-bond acceptors (Lipinski definition) is 4. The predicted octanol–water partition coefficient (Wildman–Crippen LogP) is 3.44. The average Bonchev–Trinajstić information content (AvgIpc) is 2.61. The lowest BCUT2D eigenvalue weighted by atomic mass is 10.0. The molecule has 0 saturated carbocycles. The number of benzene rings is 2. The summed E-state index contributed by atoms with van der Waals surface area (Å²) in [5.41, 5.74) is 2.94. The van der Waals surface area contributed by atoms with Gasteiger partial charge in [0.15, 0.2) is 11.5 Å². The van der Waals surface area contributed by atoms with Crippen LogP contribution >= 0.6 is 0 Å². The topological polar surface area (TPSA) is 56.8 Å². The van der Waals surface area contributed by atoms with E-state index < -0.39 is 0 Å². The lowest BCUT2D eigenvalue weighted by Gasteiger charge is -2.18. The first-order valence-electron chi connectivity index (χ1n) is 8.13. The lowest BCUT2D eigenvalue weighted by molar-refractivity contribution is -0.121. The van der Waals surface area contributed by atoms with Gasteiger partial charge in [-0.15, -0.1) is 0 Å². The van der Waals surface area contributed by atoms with Crippen molar-refractivity contribution in [3.63, 3.8) is 0 Å². The summed E-state index contributed by atoms with van der Waals surface area (Å²) in [6.07, 6.45) is 0.263. The van der Waals surface area contributed by atoms with Gasteiger partial charge in [0.25, 0.3) is 0 Å². The van der Waals surface area contributed by atoms with E-state index in [0.29, 0.717) is 11.5 Å². The number of carbonyl (C=O) groups excluding carboxylic acids is 1. The summed E-state index contributed by atoms with van der Waals surface area (Å²) in [5.74, 6) is 1.96. The van der Waals surface area contributed by atoms with Gasteiger partial charge in [0.1, 0.15) is 5.75 Å². The zero-order valence-electron chi connectivity index (χ0n) is 15.4. The van der Waals surface area contributed by atoms with Crippen LogP contribution in [0, 0.1) is 6.92 Å². The van der Waals surface area contributed by atoms with Gasteiger partial charge < -0.3 is 19.5 Å². The standard InChI is InChI=1S/C20H25NO4/c1-13-6-8-17(23-3)16(10-13)14(2)21-20(22)12-15-7-9-18(24-4)19(11-15)25-5/h6-11,14H,12H2,1-5H3,(H,21,22)/t14-/m1/s1. The Morgan fingerprint density at radius 2 is 1.60 bits per heavy atom. The molecular formula is C20H25NO4. The average molecular weight is 343 g/mol. The van der Waals surface area contributed by atoms with E-state index in [9.17, 15) is 4.79 Å². The van der Waals surface area contributed by atoms with E-state index in [-0.39, 0.29) is 18.4 Å². The molecule has 134 valence electrons. The Labute approximate surface area is 148 Å². The van der Waals surface area contributed by atoms with E-state index in [1.165, 1.54) is 0 Å². The first-order chi connectivity index (χ1) is 12.0. The van der Waals surface area contributed by atoms with Gasteiger partial charge >= 0.3 is 0 Å². The van der Waals surface area contributed by atoms with Gasteiger partial charge in [-0.05, 0) is 37.6 Å². The van der Waals surface area contributed by atoms with Gasteiger partial charge in [0, 0.05) is 5.56 Å². The van der Waals surface area contributed by atoms with Crippen LogP contribution < -0.4 is 19.5 Å². The van der Waals surface area contributed by atoms with Gasteiger partial charge in [-0.3, -0.25) is 4.79 Å². The van der Waals surface area contributed by atoms with Crippen molar-refractivity contribution in [2.45, 2.75) is 26.3 Å². The second-order valence-electron chi connectivity index (χ2n) is 5.90. The van der Waals surface area contributed by atoms with E-state index in [0.717, 1.165) is 22.4 Å². The number of hydrogen-bond donors (Lipinski definition) is 1. The highest BCUT2D eigenvalue weighted by atomic mass is 16.5. The fourth-order valence-electron chi connectivity index (χ4n) is 2.74. The summed E-state index contributed by atoms with van der Waals surface area (Å²) in [6, 6.07) is 11.3. The minimum atomic E-state index is -0.150. The highest BCUT2D eigenvalue weighted by Gasteiger charge is 2.15. The van der Waals surface area contributed by atoms with Crippen LogP contribution in [0.4, 0.5) is 0 Å². The molecule has 0 aromatic heterocycles. The Bertz CT molecular complexity index is 742. The van der Waals surface area contributed by atoms with Crippen LogP contribution in [0.25, 0.3) is 0 Å². The monoisotopic (exact) mass is 343 g/mol. The largest absolute Gasteiger partial charge is 0.496 e. The van der Waals surface area contributed by atoms with Crippen molar-refractivity contribution in [2.75, 3.05) is 21.3 Å². The number of methoxy groups -OCH3 is 3. The molecule has 25 heavy (non-hydrogen) atoms. The molecule has 0 aliphatic carbocycles. The Balaban J connectivity index is 2.08. The minimum Gasteiger partial charge on any atom is -0.496 e. The van der Waals surface area contributed by atoms with Crippen molar-refractivity contribution in [1.82, 2.24) is 5.32 Å². The second kappa shape index (κ2) is 8.42. The van der Waals surface area contributed by atoms with E-state index >= 15 is 0 Å². The molecule has 0 unspecified atom stereocenters. The third kappa shape index (κ3) is 4.66. The molecule has 0 spiro atoms. The second-order valence-corrected chi connectivity index (χ2v) is 5.90. The fourth-order valence-corrected chi connectivity index (χ4v) is 2.74. The van der Waals surface area contributed by atoms with Crippen molar-refractivity contribution in [3.05, 3.63) is 53.1 Å². The molecule has 0 saturated heterocycles. The molecule has 1 N–H and O–H groups in total. The molecule has 0 heterocycles. The van der Waals surface area contributed by atoms with Crippen molar-refractivity contribution in [3.8, 4) is 17.2 Å². The van der Waals surface area contributed by atoms with Gasteiger partial charge in [-0.1, -0.05) is 23.8 Å². The minimum absolute atomic E-state index is 0.0664. The SMILES string of the molecule is COc1ccc(CC(=O)N[C@H](C)c2cc(C)ccc2OC)cc1OC. The van der Waals surface area contributed by atoms with Gasteiger partial charge in [0.2, 0.25) is 5.91 Å². The van der Waals surface area contributed by atoms with Crippen LogP contribution in [0.3, 0.4) is 0 Å². The summed E-state index contributed by atoms with van der Waals surface area (Å²) in [7, 11) is 4.79. The molecule has 0 aliphatic heterocycles. The summed E-state index contributed by atoms with van der Waals surface area (Å²) in [6.45, 7) is 3.96. The van der Waals surface area contributed by atoms with Crippen LogP contribution in [0.5, 0.6) is 17.2 Å². The summed E-state index contributed by atoms with van der Waals surface area (Å²) in [5, 5.41) is 3.02. The van der Waals surface area contributed by atoms with E-state index in [1.54, 1.807) is 27.4 Å². The summed E-state index contributed by atoms with van der Waals surface area (Å²) >= 11 is 0. The van der Waals surface area contributed by atoms with E-state index in [2.05, 4.69) is 5.32 Å². The summed E-state index contributed by atoms with van der Waals surface area (Å²) < 4.78 is 15.9. The number of carbonyl (C=O) groups is 1. The quantitative estimate of drug-likeness (QED) is 0.837. The highest BCUT2D eigenvalue weighted by Crippen LogP contribution is 2.28. The molecular weight excluding hydrogens is 318 g/mol. The zero-order valence-corrected chi connectivity index (χ0v) is 15.4. The number of amides is 1. The van der Waals surface area contributed by atoms with Crippen molar-refractivity contribution >= 4 is 5.91 Å². The number of aryl methyl sites for hydroxylation is 1. The Kier molecular flexibility index (Phi) is 6.28. The van der Waals surface area contributed by atoms with Crippen LogP contribution in [0.2, 0.25) is 0 Å². The van der Waals surface area contributed by atoms with Crippen LogP contribution in [0.15, 0.2) is 36.4 Å². The van der Waals surface area contributed by atoms with Gasteiger partial charge in [-0.2, -0.15) is 0 Å². The Hall–Kier alpha value is -2.69. The molecule has 0 radical (unpaired) electrons. The van der Waals surface area contributed by atoms with E-state index in [1.807, 2.05) is 44.2 Å². The molecule has 5 nitrogen and oxygen atoms in total. The van der Waals surface area contributed by atoms with Crippen molar-refractivity contribution in [2.24, 2.45) is 0 Å². The first-order valence-corrected chi connectivity index (χ1v) is 8.13. The molecule has 0 aliphatic rings. The fraction of sp³-hybridized carbons (Fsp3) is 0.350. The maximum atomic E-state index is 12.4. The van der Waals surface area contributed by atoms with E-state index in [4.69, 9.17) is 14.2 Å². The third-order valence-electron chi connectivity index (χ3n) is 4.04. The number of ether oxygens (including phenoxy) is 3. The predicted molar refractivity (Wildman–Crippen MR) is 97.5 cm³/mol. The molecule has 1 atom stereocenters. The number of nitrogens with one attached hydrogen (secondary N) is 1. The highest BCUT2D eigenvalue weighted by molar-refractivity contribution is 5.79. The Morgan fingerprint density at radius 1 is 0.960 bits per heavy atom. The van der Waals surface area contributed by atoms with Crippen LogP contribution in [0.1, 0.15) is 29.7 Å². The zero-order chi connectivity index (χ0) is 18.4. The molecule has 1 amide bonds. The van der Waals surface area contributed by atoms with Gasteiger partial charge in [-0.25, -0.2) is 0 Å². The summed E-state index contributed by atoms with van der Waals surface area (Å²) in [4.78, 5) is 12.4. The van der Waals surface area contributed by atoms with Crippen LogP contribution in [-0.4, -0.2) is 27.2 Å². The van der Waals surface area contributed by atoms with Crippen molar-refractivity contribution < 1.29 is 19.0 Å². The normalized spacial score (nSPS) is 11.6. The van der Waals surface area contributed by atoms with Crippen LogP contribution in [-0.2, 0) is 11.2 Å².